The molecule has 0 bridgehead atoms. The van der Waals surface area contributed by atoms with Crippen LogP contribution in [0.5, 0.6) is 0 Å². The zero-order valence-corrected chi connectivity index (χ0v) is 20.3. The number of carbonyl (C=O) groups is 2. The largest absolute Gasteiger partial charge is 0.465 e. The molecule has 0 spiro atoms. The van der Waals surface area contributed by atoms with Crippen molar-refractivity contribution in [3.63, 3.8) is 0 Å². The fraction of sp³-hybridized carbons (Fsp3) is 0.231. The molecule has 1 aliphatic heterocycles. The van der Waals surface area contributed by atoms with Gasteiger partial charge in [-0.05, 0) is 84.6 Å². The van der Waals surface area contributed by atoms with Crippen molar-refractivity contribution in [3.8, 4) is 11.1 Å². The predicted molar refractivity (Wildman–Crippen MR) is 132 cm³/mol. The van der Waals surface area contributed by atoms with Crippen molar-refractivity contribution >= 4 is 33.2 Å². The molecule has 8 heteroatoms. The molecule has 1 fully saturated rings. The van der Waals surface area contributed by atoms with Crippen LogP contribution in [-0.2, 0) is 14.6 Å². The van der Waals surface area contributed by atoms with Crippen molar-refractivity contribution in [2.24, 2.45) is 0 Å². The number of anilines is 2. The van der Waals surface area contributed by atoms with Gasteiger partial charge in [0.25, 0.3) is 0 Å². The second-order valence-corrected chi connectivity index (χ2v) is 10.4. The van der Waals surface area contributed by atoms with Crippen LogP contribution < -0.4 is 9.80 Å². The minimum Gasteiger partial charge on any atom is -0.465 e. The Kier molecular flexibility index (Phi) is 6.18. The summed E-state index contributed by atoms with van der Waals surface area (Å²) in [6.45, 7) is 4.98. The van der Waals surface area contributed by atoms with E-state index < -0.39 is 9.84 Å². The van der Waals surface area contributed by atoms with E-state index in [1.807, 2.05) is 44.2 Å². The Bertz CT molecular complexity index is 1360. The van der Waals surface area contributed by atoms with Crippen molar-refractivity contribution < 1.29 is 22.7 Å². The van der Waals surface area contributed by atoms with Crippen LogP contribution in [0.3, 0.4) is 0 Å². The van der Waals surface area contributed by atoms with Gasteiger partial charge in [0.15, 0.2) is 9.84 Å². The standard InChI is InChI=1S/C26H26N2O5S/c1-17-14-22(15-18(2)24(17)19-6-5-7-20(16-19)25(29)33-3)28-13-12-27(26(28)30)21-8-10-23(11-9-21)34(4,31)32/h5-11,14-16H,12-13H2,1-4H3. The van der Waals surface area contributed by atoms with Crippen LogP contribution in [0.15, 0.2) is 65.6 Å². The number of rotatable bonds is 5. The van der Waals surface area contributed by atoms with Gasteiger partial charge in [-0.3, -0.25) is 9.80 Å². The van der Waals surface area contributed by atoms with E-state index in [0.717, 1.165) is 34.2 Å². The molecule has 1 aliphatic rings. The summed E-state index contributed by atoms with van der Waals surface area (Å²) >= 11 is 0. The lowest BCUT2D eigenvalue weighted by Crippen LogP contribution is -2.31. The lowest BCUT2D eigenvalue weighted by Gasteiger charge is -2.21. The maximum Gasteiger partial charge on any atom is 0.337 e. The molecule has 34 heavy (non-hydrogen) atoms. The van der Waals surface area contributed by atoms with Crippen molar-refractivity contribution in [2.45, 2.75) is 18.7 Å². The minimum absolute atomic E-state index is 0.161. The Balaban J connectivity index is 1.61. The maximum absolute atomic E-state index is 13.2. The van der Waals surface area contributed by atoms with E-state index in [2.05, 4.69) is 0 Å². The summed E-state index contributed by atoms with van der Waals surface area (Å²) in [5.74, 6) is -0.388. The Morgan fingerprint density at radius 3 is 2.03 bits per heavy atom. The number of urea groups is 1. The molecule has 1 heterocycles. The number of benzene rings is 3. The highest BCUT2D eigenvalue weighted by Crippen LogP contribution is 2.34. The zero-order valence-electron chi connectivity index (χ0n) is 19.5. The first-order valence-corrected chi connectivity index (χ1v) is 12.7. The highest BCUT2D eigenvalue weighted by Gasteiger charge is 2.31. The third-order valence-electron chi connectivity index (χ3n) is 5.99. The molecule has 4 rings (SSSR count). The summed E-state index contributed by atoms with van der Waals surface area (Å²) in [5.41, 5.74) is 5.82. The number of amides is 2. The number of methoxy groups -OCH3 is 1. The van der Waals surface area contributed by atoms with Gasteiger partial charge in [0.2, 0.25) is 0 Å². The molecule has 1 saturated heterocycles. The monoisotopic (exact) mass is 478 g/mol. The average molecular weight is 479 g/mol. The van der Waals surface area contributed by atoms with Gasteiger partial charge < -0.3 is 4.74 Å². The summed E-state index contributed by atoms with van der Waals surface area (Å²) in [4.78, 5) is 28.7. The summed E-state index contributed by atoms with van der Waals surface area (Å²) in [6, 6.07) is 17.4. The minimum atomic E-state index is -3.30. The highest BCUT2D eigenvalue weighted by molar-refractivity contribution is 7.90. The van der Waals surface area contributed by atoms with Gasteiger partial charge in [-0.25, -0.2) is 18.0 Å². The summed E-state index contributed by atoms with van der Waals surface area (Å²) in [7, 11) is -1.94. The molecular weight excluding hydrogens is 452 g/mol. The van der Waals surface area contributed by atoms with E-state index in [4.69, 9.17) is 4.74 Å². The number of carbonyl (C=O) groups excluding carboxylic acids is 2. The zero-order chi connectivity index (χ0) is 24.6. The summed E-state index contributed by atoms with van der Waals surface area (Å²) < 4.78 is 28.3. The third kappa shape index (κ3) is 4.41. The van der Waals surface area contributed by atoms with Crippen LogP contribution in [0, 0.1) is 13.8 Å². The second kappa shape index (κ2) is 8.95. The van der Waals surface area contributed by atoms with Gasteiger partial charge in [-0.2, -0.15) is 0 Å². The topological polar surface area (TPSA) is 84.0 Å². The number of hydrogen-bond donors (Lipinski definition) is 0. The van der Waals surface area contributed by atoms with Crippen molar-refractivity contribution in [3.05, 3.63) is 77.4 Å². The fourth-order valence-corrected chi connectivity index (χ4v) is 4.99. The highest BCUT2D eigenvalue weighted by atomic mass is 32.2. The number of esters is 1. The van der Waals surface area contributed by atoms with Crippen molar-refractivity contribution in [1.29, 1.82) is 0 Å². The van der Waals surface area contributed by atoms with Crippen LogP contribution >= 0.6 is 0 Å². The molecule has 0 radical (unpaired) electrons. The Hall–Kier alpha value is -3.65. The quantitative estimate of drug-likeness (QED) is 0.500. The van der Waals surface area contributed by atoms with Gasteiger partial charge >= 0.3 is 12.0 Å². The number of sulfone groups is 1. The molecular formula is C26H26N2O5S. The molecule has 0 aromatic heterocycles. The van der Waals surface area contributed by atoms with Crippen LogP contribution in [0.2, 0.25) is 0 Å². The first-order chi connectivity index (χ1) is 16.1. The number of hydrogen-bond acceptors (Lipinski definition) is 5. The smallest absolute Gasteiger partial charge is 0.337 e. The Morgan fingerprint density at radius 2 is 1.47 bits per heavy atom. The van der Waals surface area contributed by atoms with E-state index in [1.165, 1.54) is 19.2 Å². The Morgan fingerprint density at radius 1 is 0.882 bits per heavy atom. The number of ether oxygens (including phenoxy) is 1. The maximum atomic E-state index is 13.2. The molecule has 0 saturated carbocycles. The van der Waals surface area contributed by atoms with E-state index in [1.54, 1.807) is 28.0 Å². The molecule has 3 aromatic rings. The SMILES string of the molecule is COC(=O)c1cccc(-c2c(C)cc(N3CCN(c4ccc(S(C)(=O)=O)cc4)C3=O)cc2C)c1. The van der Waals surface area contributed by atoms with Crippen LogP contribution in [0.1, 0.15) is 21.5 Å². The molecule has 0 atom stereocenters. The first kappa shape index (κ1) is 23.5. The van der Waals surface area contributed by atoms with E-state index in [0.29, 0.717) is 24.3 Å². The van der Waals surface area contributed by atoms with Gasteiger partial charge in [-0.15, -0.1) is 0 Å². The van der Waals surface area contributed by atoms with Crippen LogP contribution in [0.4, 0.5) is 16.2 Å². The van der Waals surface area contributed by atoms with E-state index in [9.17, 15) is 18.0 Å². The summed E-state index contributed by atoms with van der Waals surface area (Å²) in [6.07, 6.45) is 1.16. The third-order valence-corrected chi connectivity index (χ3v) is 7.12. The molecule has 176 valence electrons. The van der Waals surface area contributed by atoms with Gasteiger partial charge in [0, 0.05) is 30.7 Å². The van der Waals surface area contributed by atoms with Crippen LogP contribution in [-0.4, -0.2) is 46.9 Å². The predicted octanol–water partition coefficient (Wildman–Crippen LogP) is 4.61. The van der Waals surface area contributed by atoms with Crippen molar-refractivity contribution in [2.75, 3.05) is 36.3 Å². The van der Waals surface area contributed by atoms with Crippen LogP contribution in [0.25, 0.3) is 11.1 Å². The second-order valence-electron chi connectivity index (χ2n) is 8.38. The van der Waals surface area contributed by atoms with Gasteiger partial charge in [-0.1, -0.05) is 12.1 Å². The average Bonchev–Trinajstić information content (AvgIpc) is 3.19. The lowest BCUT2D eigenvalue weighted by molar-refractivity contribution is 0.0600. The number of aryl methyl sites for hydroxylation is 2. The molecule has 0 unspecified atom stereocenters. The van der Waals surface area contributed by atoms with E-state index >= 15 is 0 Å². The van der Waals surface area contributed by atoms with Gasteiger partial charge in [0.05, 0.1) is 17.6 Å². The molecule has 0 aliphatic carbocycles. The normalized spacial score (nSPS) is 13.9. The number of nitrogens with zero attached hydrogens (tertiary/aromatic N) is 2. The fourth-order valence-electron chi connectivity index (χ4n) is 4.36. The first-order valence-electron chi connectivity index (χ1n) is 10.8. The lowest BCUT2D eigenvalue weighted by atomic mass is 9.93. The molecule has 0 N–H and O–H groups in total. The molecule has 2 amide bonds. The molecule has 7 nitrogen and oxygen atoms in total. The van der Waals surface area contributed by atoms with Gasteiger partial charge in [0.1, 0.15) is 0 Å². The molecule has 3 aromatic carbocycles. The van der Waals surface area contributed by atoms with E-state index in [-0.39, 0.29) is 16.9 Å². The Labute approximate surface area is 199 Å². The summed E-state index contributed by atoms with van der Waals surface area (Å²) in [5, 5.41) is 0. The van der Waals surface area contributed by atoms with Crippen molar-refractivity contribution in [1.82, 2.24) is 0 Å².